The monoisotopic (exact) mass is 391 g/mol. The normalized spacial score (nSPS) is 18.1. The van der Waals surface area contributed by atoms with E-state index in [0.29, 0.717) is 23.5 Å². The van der Waals surface area contributed by atoms with Crippen molar-refractivity contribution in [1.29, 1.82) is 0 Å². The van der Waals surface area contributed by atoms with E-state index < -0.39 is 9.73 Å². The van der Waals surface area contributed by atoms with E-state index in [1.165, 1.54) is 25.0 Å². The minimum absolute atomic E-state index is 0.317. The van der Waals surface area contributed by atoms with Gasteiger partial charge in [0.15, 0.2) is 5.82 Å². The van der Waals surface area contributed by atoms with Gasteiger partial charge in [0.05, 0.1) is 0 Å². The first-order chi connectivity index (χ1) is 12.8. The van der Waals surface area contributed by atoms with Crippen LogP contribution in [0.1, 0.15) is 32.6 Å². The minimum atomic E-state index is -2.36. The lowest BCUT2D eigenvalue weighted by Crippen LogP contribution is -2.33. The Bertz CT molecular complexity index is 918. The third-order valence-corrected chi connectivity index (χ3v) is 5.07. The van der Waals surface area contributed by atoms with Crippen molar-refractivity contribution in [2.24, 2.45) is 4.36 Å². The Labute approximate surface area is 160 Å². The highest BCUT2D eigenvalue weighted by Crippen LogP contribution is 2.27. The number of anilines is 3. The van der Waals surface area contributed by atoms with Crippen LogP contribution in [0.2, 0.25) is 0 Å². The average molecular weight is 392 g/mol. The SMILES string of the molecule is C[C@@H]1CCCCCN1c1cc(N=S(C)(C)=O)nc(Nc2cccc(F)c2)n1. The standard InChI is InChI=1S/C19H26FN5OS/c1-14-8-5-4-6-11-25(14)18-13-17(24-27(2,3)26)22-19(23-18)21-16-10-7-9-15(20)12-16/h7,9-10,12-14H,4-6,8,11H2,1-3H3,(H,21,22,23)/t14-/m1/s1. The number of aromatic nitrogens is 2. The topological polar surface area (TPSA) is 70.5 Å². The van der Waals surface area contributed by atoms with Crippen LogP contribution in [0.5, 0.6) is 0 Å². The summed E-state index contributed by atoms with van der Waals surface area (Å²) in [4.78, 5) is 11.3. The maximum atomic E-state index is 13.5. The van der Waals surface area contributed by atoms with E-state index in [9.17, 15) is 8.60 Å². The van der Waals surface area contributed by atoms with Crippen LogP contribution >= 0.6 is 0 Å². The molecule has 0 radical (unpaired) electrons. The van der Waals surface area contributed by atoms with Gasteiger partial charge in [-0.25, -0.2) is 8.60 Å². The molecule has 1 atom stereocenters. The van der Waals surface area contributed by atoms with Crippen LogP contribution in [0.4, 0.5) is 27.7 Å². The van der Waals surface area contributed by atoms with Gasteiger partial charge in [0.1, 0.15) is 11.6 Å². The predicted octanol–water partition coefficient (Wildman–Crippen LogP) is 4.49. The molecule has 6 nitrogen and oxygen atoms in total. The number of halogens is 1. The summed E-state index contributed by atoms with van der Waals surface area (Å²) in [6.45, 7) is 3.09. The molecule has 1 aliphatic heterocycles. The first-order valence-electron chi connectivity index (χ1n) is 9.16. The Morgan fingerprint density at radius 3 is 2.78 bits per heavy atom. The van der Waals surface area contributed by atoms with Gasteiger partial charge in [-0.2, -0.15) is 14.3 Å². The largest absolute Gasteiger partial charge is 0.354 e. The summed E-state index contributed by atoms with van der Waals surface area (Å²) < 4.78 is 29.9. The quantitative estimate of drug-likeness (QED) is 0.832. The second-order valence-corrected chi connectivity index (χ2v) is 9.75. The van der Waals surface area contributed by atoms with Crippen molar-refractivity contribution in [2.75, 3.05) is 29.3 Å². The molecule has 1 saturated heterocycles. The number of nitrogens with zero attached hydrogens (tertiary/aromatic N) is 4. The molecule has 0 spiro atoms. The lowest BCUT2D eigenvalue weighted by atomic mass is 10.1. The van der Waals surface area contributed by atoms with Crippen molar-refractivity contribution in [3.05, 3.63) is 36.1 Å². The predicted molar refractivity (Wildman–Crippen MR) is 109 cm³/mol. The molecule has 0 bridgehead atoms. The summed E-state index contributed by atoms with van der Waals surface area (Å²) in [6, 6.07) is 8.26. The van der Waals surface area contributed by atoms with Gasteiger partial charge >= 0.3 is 0 Å². The molecular weight excluding hydrogens is 365 g/mol. The average Bonchev–Trinajstić information content (AvgIpc) is 2.77. The fraction of sp³-hybridized carbons (Fsp3) is 0.474. The van der Waals surface area contributed by atoms with Crippen LogP contribution in [0.15, 0.2) is 34.7 Å². The van der Waals surface area contributed by atoms with Crippen LogP contribution < -0.4 is 10.2 Å². The van der Waals surface area contributed by atoms with Crippen molar-refractivity contribution in [1.82, 2.24) is 9.97 Å². The zero-order chi connectivity index (χ0) is 19.4. The van der Waals surface area contributed by atoms with Crippen LogP contribution in [0.3, 0.4) is 0 Å². The smallest absolute Gasteiger partial charge is 0.231 e. The Morgan fingerprint density at radius 1 is 1.22 bits per heavy atom. The molecule has 1 aromatic heterocycles. The maximum absolute atomic E-state index is 13.5. The highest BCUT2D eigenvalue weighted by molar-refractivity contribution is 7.92. The van der Waals surface area contributed by atoms with Crippen molar-refractivity contribution in [3.63, 3.8) is 0 Å². The maximum Gasteiger partial charge on any atom is 0.231 e. The van der Waals surface area contributed by atoms with Gasteiger partial charge in [-0.3, -0.25) is 0 Å². The number of benzene rings is 1. The molecule has 1 fully saturated rings. The third kappa shape index (κ3) is 5.63. The Hall–Kier alpha value is -2.22. The van der Waals surface area contributed by atoms with E-state index in [2.05, 4.69) is 31.5 Å². The summed E-state index contributed by atoms with van der Waals surface area (Å²) in [6.07, 6.45) is 7.75. The molecule has 0 aliphatic carbocycles. The third-order valence-electron chi connectivity index (χ3n) is 4.44. The van der Waals surface area contributed by atoms with E-state index in [-0.39, 0.29) is 5.82 Å². The molecule has 8 heteroatoms. The minimum Gasteiger partial charge on any atom is -0.354 e. The van der Waals surface area contributed by atoms with Gasteiger partial charge in [-0.05, 0) is 38.0 Å². The van der Waals surface area contributed by atoms with E-state index in [1.807, 2.05) is 0 Å². The summed E-state index contributed by atoms with van der Waals surface area (Å²) in [7, 11) is -2.36. The fourth-order valence-corrected chi connectivity index (χ4v) is 3.75. The van der Waals surface area contributed by atoms with Crippen LogP contribution in [-0.2, 0) is 9.73 Å². The van der Waals surface area contributed by atoms with Crippen LogP contribution in [0.25, 0.3) is 0 Å². The van der Waals surface area contributed by atoms with E-state index in [4.69, 9.17) is 0 Å². The van der Waals surface area contributed by atoms with Gasteiger partial charge in [0.25, 0.3) is 0 Å². The molecule has 3 rings (SSSR count). The van der Waals surface area contributed by atoms with Crippen molar-refractivity contribution < 1.29 is 8.60 Å². The molecule has 0 saturated carbocycles. The zero-order valence-electron chi connectivity index (χ0n) is 16.0. The van der Waals surface area contributed by atoms with E-state index in [0.717, 1.165) is 25.2 Å². The lowest BCUT2D eigenvalue weighted by Gasteiger charge is -2.28. The van der Waals surface area contributed by atoms with Crippen LogP contribution in [-0.4, -0.2) is 39.3 Å². The second-order valence-electron chi connectivity index (χ2n) is 7.21. The van der Waals surface area contributed by atoms with Gasteiger partial charge < -0.3 is 10.2 Å². The molecule has 146 valence electrons. The molecule has 1 N–H and O–H groups in total. The molecule has 1 aromatic carbocycles. The van der Waals surface area contributed by atoms with Gasteiger partial charge in [-0.1, -0.05) is 18.9 Å². The Balaban J connectivity index is 2.01. The molecule has 1 aliphatic rings. The summed E-state index contributed by atoms with van der Waals surface area (Å²) in [5.74, 6) is 1.09. The first kappa shape index (κ1) is 19.5. The van der Waals surface area contributed by atoms with Gasteiger partial charge in [-0.15, -0.1) is 0 Å². The zero-order valence-corrected chi connectivity index (χ0v) is 16.8. The summed E-state index contributed by atoms with van der Waals surface area (Å²) >= 11 is 0. The number of nitrogens with one attached hydrogen (secondary N) is 1. The molecule has 2 aromatic rings. The Kier molecular flexibility index (Phi) is 5.94. The summed E-state index contributed by atoms with van der Waals surface area (Å²) in [5, 5.41) is 3.04. The number of rotatable bonds is 4. The number of hydrogen-bond donors (Lipinski definition) is 1. The fourth-order valence-electron chi connectivity index (χ4n) is 3.21. The van der Waals surface area contributed by atoms with E-state index in [1.54, 1.807) is 30.7 Å². The molecule has 27 heavy (non-hydrogen) atoms. The van der Waals surface area contributed by atoms with Crippen molar-refractivity contribution >= 4 is 33.0 Å². The molecule has 2 heterocycles. The molecule has 0 unspecified atom stereocenters. The highest BCUT2D eigenvalue weighted by atomic mass is 32.2. The van der Waals surface area contributed by atoms with Crippen molar-refractivity contribution in [3.8, 4) is 0 Å². The first-order valence-corrected chi connectivity index (χ1v) is 11.5. The molecular formula is C19H26FN5OS. The Morgan fingerprint density at radius 2 is 2.04 bits per heavy atom. The summed E-state index contributed by atoms with van der Waals surface area (Å²) in [5.41, 5.74) is 0.552. The molecule has 0 amide bonds. The van der Waals surface area contributed by atoms with Crippen molar-refractivity contribution in [2.45, 2.75) is 38.6 Å². The van der Waals surface area contributed by atoms with Gasteiger partial charge in [0, 0.05) is 46.6 Å². The van der Waals surface area contributed by atoms with Gasteiger partial charge in [0.2, 0.25) is 5.95 Å². The van der Waals surface area contributed by atoms with E-state index >= 15 is 0 Å². The number of hydrogen-bond acceptors (Lipinski definition) is 6. The van der Waals surface area contributed by atoms with Crippen LogP contribution in [0, 0.1) is 5.82 Å². The second kappa shape index (κ2) is 8.21. The lowest BCUT2D eigenvalue weighted by molar-refractivity contribution is 0.611. The highest BCUT2D eigenvalue weighted by Gasteiger charge is 2.20.